The smallest absolute Gasteiger partial charge is 0.410 e. The van der Waals surface area contributed by atoms with Crippen LogP contribution < -0.4 is 4.90 Å². The summed E-state index contributed by atoms with van der Waals surface area (Å²) in [4.78, 5) is 25.8. The Labute approximate surface area is 175 Å². The van der Waals surface area contributed by atoms with Crippen molar-refractivity contribution >= 4 is 22.8 Å². The third-order valence-electron chi connectivity index (χ3n) is 4.07. The summed E-state index contributed by atoms with van der Waals surface area (Å²) >= 11 is 0. The maximum atomic E-state index is 12.7. The normalized spacial score (nSPS) is 16.8. The summed E-state index contributed by atoms with van der Waals surface area (Å²) in [5.41, 5.74) is 0.382. The Balaban J connectivity index is 1.98. The standard InChI is InChI=1S/C21H30N4O3S/c1-7-17(9-8-16(2)3)29(27)18-14-22-19(23-15-18)24-10-12-25(13-11-24)20(26)28-21(4,5)6/h7-9,14-15H,2,10-13H2,1,3-6H3/b9-8-,17-7?. The highest BCUT2D eigenvalue weighted by molar-refractivity contribution is 7.89. The van der Waals surface area contributed by atoms with Crippen LogP contribution in [0.4, 0.5) is 10.7 Å². The van der Waals surface area contributed by atoms with Gasteiger partial charge in [-0.2, -0.15) is 0 Å². The summed E-state index contributed by atoms with van der Waals surface area (Å²) in [5.74, 6) is 0.564. The van der Waals surface area contributed by atoms with Gasteiger partial charge in [0.2, 0.25) is 5.95 Å². The van der Waals surface area contributed by atoms with Crippen molar-refractivity contribution in [1.82, 2.24) is 14.9 Å². The molecular formula is C21H30N4O3S. The van der Waals surface area contributed by atoms with Gasteiger partial charge < -0.3 is 14.5 Å². The highest BCUT2D eigenvalue weighted by Gasteiger charge is 2.26. The lowest BCUT2D eigenvalue weighted by Crippen LogP contribution is -2.50. The Hall–Kier alpha value is -2.48. The third kappa shape index (κ3) is 6.81. The van der Waals surface area contributed by atoms with E-state index in [1.807, 2.05) is 45.6 Å². The van der Waals surface area contributed by atoms with Gasteiger partial charge in [-0.15, -0.1) is 0 Å². The van der Waals surface area contributed by atoms with E-state index in [0.717, 1.165) is 5.57 Å². The van der Waals surface area contributed by atoms with Crippen molar-refractivity contribution in [3.8, 4) is 0 Å². The van der Waals surface area contributed by atoms with Crippen molar-refractivity contribution in [3.05, 3.63) is 47.7 Å². The highest BCUT2D eigenvalue weighted by atomic mass is 32.2. The summed E-state index contributed by atoms with van der Waals surface area (Å²) in [7, 11) is -1.35. The fraction of sp³-hybridized carbons (Fsp3) is 0.476. The van der Waals surface area contributed by atoms with Crippen LogP contribution in [-0.4, -0.2) is 57.0 Å². The molecule has 0 bridgehead atoms. The van der Waals surface area contributed by atoms with Gasteiger partial charge in [0.15, 0.2) is 0 Å². The van der Waals surface area contributed by atoms with E-state index in [9.17, 15) is 9.00 Å². The molecule has 1 aliphatic rings. The fourth-order valence-corrected chi connectivity index (χ4v) is 3.58. The molecule has 7 nitrogen and oxygen atoms in total. The second-order valence-electron chi connectivity index (χ2n) is 7.81. The number of carbonyl (C=O) groups excluding carboxylic acids is 1. The molecule has 158 valence electrons. The molecule has 1 unspecified atom stereocenters. The van der Waals surface area contributed by atoms with Crippen LogP contribution in [0.3, 0.4) is 0 Å². The maximum Gasteiger partial charge on any atom is 0.410 e. The molecule has 2 rings (SSSR count). The highest BCUT2D eigenvalue weighted by Crippen LogP contribution is 2.18. The lowest BCUT2D eigenvalue weighted by Gasteiger charge is -2.35. The van der Waals surface area contributed by atoms with Crippen LogP contribution in [0, 0.1) is 0 Å². The van der Waals surface area contributed by atoms with Gasteiger partial charge in [0.1, 0.15) is 5.60 Å². The zero-order chi connectivity index (χ0) is 21.6. The number of rotatable bonds is 5. The summed E-state index contributed by atoms with van der Waals surface area (Å²) in [6, 6.07) is 0. The molecule has 8 heteroatoms. The number of hydrogen-bond acceptors (Lipinski definition) is 6. The number of anilines is 1. The van der Waals surface area contributed by atoms with Gasteiger partial charge in [-0.25, -0.2) is 19.0 Å². The molecule has 1 aromatic rings. The van der Waals surface area contributed by atoms with Gasteiger partial charge in [0.25, 0.3) is 0 Å². The first kappa shape index (κ1) is 22.8. The molecule has 1 aliphatic heterocycles. The first-order valence-corrected chi connectivity index (χ1v) is 10.7. The van der Waals surface area contributed by atoms with Gasteiger partial charge in [-0.05, 0) is 40.7 Å². The van der Waals surface area contributed by atoms with Crippen LogP contribution >= 0.6 is 0 Å². The number of amides is 1. The first-order valence-electron chi connectivity index (χ1n) is 9.57. The maximum absolute atomic E-state index is 12.7. The van der Waals surface area contributed by atoms with Crippen LogP contribution in [0.25, 0.3) is 0 Å². The van der Waals surface area contributed by atoms with Crippen molar-refractivity contribution in [3.63, 3.8) is 0 Å². The summed E-state index contributed by atoms with van der Waals surface area (Å²) in [5, 5.41) is 0. The van der Waals surface area contributed by atoms with E-state index in [2.05, 4.69) is 16.5 Å². The van der Waals surface area contributed by atoms with Gasteiger partial charge >= 0.3 is 6.09 Å². The van der Waals surface area contributed by atoms with E-state index in [1.54, 1.807) is 29.4 Å². The van der Waals surface area contributed by atoms with Crippen LogP contribution in [0.2, 0.25) is 0 Å². The van der Waals surface area contributed by atoms with E-state index < -0.39 is 16.4 Å². The van der Waals surface area contributed by atoms with Crippen LogP contribution in [-0.2, 0) is 15.5 Å². The fourth-order valence-electron chi connectivity index (χ4n) is 2.61. The molecule has 1 amide bonds. The first-order chi connectivity index (χ1) is 13.6. The second-order valence-corrected chi connectivity index (χ2v) is 9.29. The average molecular weight is 419 g/mol. The Morgan fingerprint density at radius 3 is 2.24 bits per heavy atom. The quantitative estimate of drug-likeness (QED) is 0.679. The molecule has 0 aliphatic carbocycles. The molecule has 0 radical (unpaired) electrons. The van der Waals surface area contributed by atoms with Crippen molar-refractivity contribution in [2.75, 3.05) is 31.1 Å². The molecule has 1 saturated heterocycles. The van der Waals surface area contributed by atoms with Gasteiger partial charge in [-0.1, -0.05) is 24.3 Å². The molecule has 1 aromatic heterocycles. The van der Waals surface area contributed by atoms with Gasteiger partial charge in [-0.3, -0.25) is 0 Å². The van der Waals surface area contributed by atoms with Crippen molar-refractivity contribution in [2.24, 2.45) is 0 Å². The molecule has 1 atom stereocenters. The molecule has 2 heterocycles. The van der Waals surface area contributed by atoms with Gasteiger partial charge in [0.05, 0.1) is 15.7 Å². The summed E-state index contributed by atoms with van der Waals surface area (Å²) in [6.07, 6.45) is 8.31. The van der Waals surface area contributed by atoms with E-state index in [0.29, 0.717) is 41.9 Å². The lowest BCUT2D eigenvalue weighted by molar-refractivity contribution is 0.0240. The number of piperazine rings is 1. The van der Waals surface area contributed by atoms with Crippen molar-refractivity contribution < 1.29 is 13.7 Å². The van der Waals surface area contributed by atoms with Crippen LogP contribution in [0.1, 0.15) is 34.6 Å². The monoisotopic (exact) mass is 418 g/mol. The number of carbonyl (C=O) groups is 1. The molecule has 29 heavy (non-hydrogen) atoms. The number of hydrogen-bond donors (Lipinski definition) is 0. The Morgan fingerprint density at radius 2 is 1.76 bits per heavy atom. The SMILES string of the molecule is C=C(C)/C=C\C(=CC)S(=O)c1cnc(N2CCN(C(=O)OC(C)(C)C)CC2)nc1. The topological polar surface area (TPSA) is 75.6 Å². The molecule has 0 aromatic carbocycles. The van der Waals surface area contributed by atoms with Crippen molar-refractivity contribution in [2.45, 2.75) is 45.1 Å². The lowest BCUT2D eigenvalue weighted by atomic mass is 10.2. The zero-order valence-corrected chi connectivity index (χ0v) is 18.7. The number of aromatic nitrogens is 2. The predicted molar refractivity (Wildman–Crippen MR) is 116 cm³/mol. The molecular weight excluding hydrogens is 388 g/mol. The minimum atomic E-state index is -1.35. The largest absolute Gasteiger partial charge is 0.444 e. The Kier molecular flexibility index (Phi) is 7.73. The van der Waals surface area contributed by atoms with Crippen molar-refractivity contribution in [1.29, 1.82) is 0 Å². The number of nitrogens with zero attached hydrogens (tertiary/aromatic N) is 4. The third-order valence-corrected chi connectivity index (χ3v) is 5.51. The minimum Gasteiger partial charge on any atom is -0.444 e. The molecule has 0 saturated carbocycles. The summed E-state index contributed by atoms with van der Waals surface area (Å²) in [6.45, 7) is 15.4. The van der Waals surface area contributed by atoms with E-state index in [1.165, 1.54) is 0 Å². The average Bonchev–Trinajstić information content (AvgIpc) is 2.67. The molecule has 0 N–H and O–H groups in total. The van der Waals surface area contributed by atoms with Crippen LogP contribution in [0.15, 0.2) is 52.6 Å². The van der Waals surface area contributed by atoms with E-state index >= 15 is 0 Å². The second kappa shape index (κ2) is 9.82. The van der Waals surface area contributed by atoms with Crippen LogP contribution in [0.5, 0.6) is 0 Å². The number of allylic oxidation sites excluding steroid dienone is 4. The minimum absolute atomic E-state index is 0.300. The van der Waals surface area contributed by atoms with E-state index in [4.69, 9.17) is 4.74 Å². The zero-order valence-electron chi connectivity index (χ0n) is 17.8. The molecule has 0 spiro atoms. The number of ether oxygens (including phenoxy) is 1. The Bertz CT molecular complexity index is 817. The van der Waals surface area contributed by atoms with Gasteiger partial charge in [0, 0.05) is 43.5 Å². The predicted octanol–water partition coefficient (Wildman–Crippen LogP) is 3.68. The van der Waals surface area contributed by atoms with E-state index in [-0.39, 0.29) is 6.09 Å². The summed E-state index contributed by atoms with van der Waals surface area (Å²) < 4.78 is 18.1. The Morgan fingerprint density at radius 1 is 1.17 bits per heavy atom. The molecule has 1 fully saturated rings.